The Bertz CT molecular complexity index is 766. The van der Waals surface area contributed by atoms with Gasteiger partial charge in [0.05, 0.1) is 11.1 Å². The number of rotatable bonds is 1. The molecule has 2 saturated heterocycles. The molecule has 2 aromatic rings. The van der Waals surface area contributed by atoms with Crippen LogP contribution in [0.1, 0.15) is 12.5 Å². The van der Waals surface area contributed by atoms with Gasteiger partial charge in [0.2, 0.25) is 0 Å². The zero-order valence-electron chi connectivity index (χ0n) is 13.4. The second kappa shape index (κ2) is 5.80. The van der Waals surface area contributed by atoms with E-state index < -0.39 is 0 Å². The lowest BCUT2D eigenvalue weighted by Crippen LogP contribution is -2.64. The molecule has 23 heavy (non-hydrogen) atoms. The van der Waals surface area contributed by atoms with E-state index in [4.69, 9.17) is 0 Å². The fourth-order valence-corrected chi connectivity index (χ4v) is 4.00. The number of anilines is 1. The van der Waals surface area contributed by atoms with E-state index in [-0.39, 0.29) is 0 Å². The first-order valence-corrected chi connectivity index (χ1v) is 8.27. The van der Waals surface area contributed by atoms with Crippen molar-refractivity contribution in [1.82, 2.24) is 15.2 Å². The summed E-state index contributed by atoms with van der Waals surface area (Å²) in [5.41, 5.74) is 2.66. The molecule has 5 nitrogen and oxygen atoms in total. The first-order chi connectivity index (χ1) is 11.3. The number of benzene rings is 1. The quantitative estimate of drug-likeness (QED) is 0.867. The molecule has 0 saturated carbocycles. The maximum absolute atomic E-state index is 9.31. The fourth-order valence-electron chi connectivity index (χ4n) is 4.00. The van der Waals surface area contributed by atoms with Gasteiger partial charge >= 0.3 is 0 Å². The van der Waals surface area contributed by atoms with Crippen LogP contribution in [0.2, 0.25) is 0 Å². The molecule has 5 heteroatoms. The maximum Gasteiger partial charge on any atom is 0.101 e. The number of piperazine rings is 2. The van der Waals surface area contributed by atoms with E-state index in [2.05, 4.69) is 45.2 Å². The Morgan fingerprint density at radius 1 is 1.30 bits per heavy atom. The predicted octanol–water partition coefficient (Wildman–Crippen LogP) is 1.59. The van der Waals surface area contributed by atoms with E-state index in [1.807, 2.05) is 12.1 Å². The van der Waals surface area contributed by atoms with Crippen molar-refractivity contribution in [2.45, 2.75) is 19.0 Å². The number of fused-ring (bicyclic) bond motifs is 2. The monoisotopic (exact) mass is 307 g/mol. The summed E-state index contributed by atoms with van der Waals surface area (Å²) in [6.45, 7) is 7.63. The van der Waals surface area contributed by atoms with Crippen LogP contribution in [-0.2, 0) is 0 Å². The lowest BCUT2D eigenvalue weighted by Gasteiger charge is -2.49. The van der Waals surface area contributed by atoms with Crippen LogP contribution < -0.4 is 10.2 Å². The highest BCUT2D eigenvalue weighted by Crippen LogP contribution is 2.31. The first-order valence-electron chi connectivity index (χ1n) is 8.27. The number of nitrogens with one attached hydrogen (secondary N) is 1. The van der Waals surface area contributed by atoms with E-state index >= 15 is 0 Å². The Hall–Kier alpha value is -2.16. The highest BCUT2D eigenvalue weighted by atomic mass is 15.3. The Labute approximate surface area is 136 Å². The van der Waals surface area contributed by atoms with E-state index in [1.165, 1.54) is 5.69 Å². The molecule has 0 spiro atoms. The highest BCUT2D eigenvalue weighted by molar-refractivity contribution is 5.95. The second-order valence-electron chi connectivity index (χ2n) is 6.49. The average molecular weight is 307 g/mol. The zero-order chi connectivity index (χ0) is 15.8. The number of nitriles is 1. The third kappa shape index (κ3) is 2.44. The predicted molar refractivity (Wildman–Crippen MR) is 91.5 cm³/mol. The molecule has 3 heterocycles. The van der Waals surface area contributed by atoms with Crippen LogP contribution in [0.15, 0.2) is 30.5 Å². The molecule has 118 valence electrons. The normalized spacial score (nSPS) is 25.1. The zero-order valence-corrected chi connectivity index (χ0v) is 13.4. The Balaban J connectivity index is 1.74. The molecule has 2 fully saturated rings. The van der Waals surface area contributed by atoms with Gasteiger partial charge < -0.3 is 10.2 Å². The highest BCUT2D eigenvalue weighted by Gasteiger charge is 2.34. The molecule has 2 atom stereocenters. The summed E-state index contributed by atoms with van der Waals surface area (Å²) in [5.74, 6) is 0. The number of pyridine rings is 1. The fraction of sp³-hybridized carbons (Fsp3) is 0.444. The minimum absolute atomic E-state index is 0.540. The van der Waals surface area contributed by atoms with Crippen LogP contribution >= 0.6 is 0 Å². The molecule has 1 aromatic carbocycles. The lowest BCUT2D eigenvalue weighted by atomic mass is 10.0. The summed E-state index contributed by atoms with van der Waals surface area (Å²) in [6.07, 6.45) is 1.76. The first kappa shape index (κ1) is 14.4. The topological polar surface area (TPSA) is 55.2 Å². The summed E-state index contributed by atoms with van der Waals surface area (Å²) in [7, 11) is 0. The molecule has 2 unspecified atom stereocenters. The van der Waals surface area contributed by atoms with Gasteiger partial charge in [-0.25, -0.2) is 0 Å². The number of hydrogen-bond donors (Lipinski definition) is 1. The van der Waals surface area contributed by atoms with Crippen LogP contribution in [-0.4, -0.2) is 54.7 Å². The summed E-state index contributed by atoms with van der Waals surface area (Å²) < 4.78 is 0. The molecular weight excluding hydrogens is 286 g/mol. The van der Waals surface area contributed by atoms with Gasteiger partial charge in [-0.15, -0.1) is 0 Å². The van der Waals surface area contributed by atoms with Crippen molar-refractivity contribution in [3.8, 4) is 6.07 Å². The maximum atomic E-state index is 9.31. The summed E-state index contributed by atoms with van der Waals surface area (Å²) >= 11 is 0. The van der Waals surface area contributed by atoms with Crippen molar-refractivity contribution in [2.75, 3.05) is 37.6 Å². The van der Waals surface area contributed by atoms with Crippen molar-refractivity contribution >= 4 is 16.6 Å². The second-order valence-corrected chi connectivity index (χ2v) is 6.49. The Morgan fingerprint density at radius 3 is 3.09 bits per heavy atom. The van der Waals surface area contributed by atoms with Crippen molar-refractivity contribution in [3.63, 3.8) is 0 Å². The molecule has 2 aliphatic heterocycles. The third-order valence-corrected chi connectivity index (χ3v) is 5.09. The molecule has 4 rings (SSSR count). The van der Waals surface area contributed by atoms with Gasteiger partial charge in [0.25, 0.3) is 0 Å². The summed E-state index contributed by atoms with van der Waals surface area (Å²) in [4.78, 5) is 9.52. The van der Waals surface area contributed by atoms with Gasteiger partial charge in [0, 0.05) is 62.1 Å². The van der Waals surface area contributed by atoms with Crippen molar-refractivity contribution in [3.05, 3.63) is 36.0 Å². The summed E-state index contributed by atoms with van der Waals surface area (Å²) in [5, 5.41) is 13.9. The Kier molecular flexibility index (Phi) is 3.64. The largest absolute Gasteiger partial charge is 0.368 e. The van der Waals surface area contributed by atoms with Crippen molar-refractivity contribution in [2.24, 2.45) is 0 Å². The van der Waals surface area contributed by atoms with E-state index in [0.717, 1.165) is 43.6 Å². The van der Waals surface area contributed by atoms with E-state index in [9.17, 15) is 5.26 Å². The van der Waals surface area contributed by atoms with Gasteiger partial charge in [0.15, 0.2) is 0 Å². The van der Waals surface area contributed by atoms with Crippen LogP contribution in [0.3, 0.4) is 0 Å². The molecule has 1 N–H and O–H groups in total. The lowest BCUT2D eigenvalue weighted by molar-refractivity contribution is 0.0971. The molecular formula is C18H21N5. The number of hydrogen-bond acceptors (Lipinski definition) is 5. The minimum Gasteiger partial charge on any atom is -0.368 e. The smallest absolute Gasteiger partial charge is 0.101 e. The van der Waals surface area contributed by atoms with Gasteiger partial charge in [-0.05, 0) is 31.2 Å². The molecule has 0 radical (unpaired) electrons. The standard InChI is InChI=1S/C18H21N5/c1-13-11-22(12-15-10-20-7-8-23(13)15)17-5-4-14(9-19)18-16(17)3-2-6-21-18/h2-6,13,15,20H,7-8,10-12H2,1H3. The van der Waals surface area contributed by atoms with E-state index in [0.29, 0.717) is 17.6 Å². The van der Waals surface area contributed by atoms with Gasteiger partial charge in [0.1, 0.15) is 6.07 Å². The SMILES string of the molecule is CC1CN(c2ccc(C#N)c3ncccc23)CC2CNCCN12. The van der Waals surface area contributed by atoms with Gasteiger partial charge in [-0.1, -0.05) is 0 Å². The van der Waals surface area contributed by atoms with E-state index in [1.54, 1.807) is 6.20 Å². The molecule has 2 aliphatic rings. The van der Waals surface area contributed by atoms with Crippen LogP contribution in [0, 0.1) is 11.3 Å². The van der Waals surface area contributed by atoms with Crippen molar-refractivity contribution < 1.29 is 0 Å². The number of nitrogens with zero attached hydrogens (tertiary/aromatic N) is 4. The molecule has 0 amide bonds. The van der Waals surface area contributed by atoms with Gasteiger partial charge in [-0.2, -0.15) is 5.26 Å². The minimum atomic E-state index is 0.540. The van der Waals surface area contributed by atoms with Crippen LogP contribution in [0.25, 0.3) is 10.9 Å². The Morgan fingerprint density at radius 2 is 2.22 bits per heavy atom. The average Bonchev–Trinajstić information content (AvgIpc) is 2.60. The van der Waals surface area contributed by atoms with Crippen molar-refractivity contribution in [1.29, 1.82) is 5.26 Å². The number of aromatic nitrogens is 1. The molecule has 0 aliphatic carbocycles. The third-order valence-electron chi connectivity index (χ3n) is 5.09. The molecule has 0 bridgehead atoms. The van der Waals surface area contributed by atoms with Crippen LogP contribution in [0.4, 0.5) is 5.69 Å². The van der Waals surface area contributed by atoms with Crippen LogP contribution in [0.5, 0.6) is 0 Å². The van der Waals surface area contributed by atoms with Gasteiger partial charge in [-0.3, -0.25) is 9.88 Å². The summed E-state index contributed by atoms with van der Waals surface area (Å²) in [6, 6.07) is 11.4. The molecule has 1 aromatic heterocycles.